The van der Waals surface area contributed by atoms with Crippen molar-refractivity contribution in [3.63, 3.8) is 0 Å². The van der Waals surface area contributed by atoms with Crippen molar-refractivity contribution >= 4 is 38.2 Å². The molecule has 1 fully saturated rings. The Balaban J connectivity index is 1.97. The molecule has 5 heteroatoms. The second-order valence-electron chi connectivity index (χ2n) is 5.30. The van der Waals surface area contributed by atoms with E-state index in [-0.39, 0.29) is 0 Å². The molecular weight excluding hydrogens is 318 g/mol. The molecule has 0 saturated carbocycles. The summed E-state index contributed by atoms with van der Waals surface area (Å²) in [5.41, 5.74) is 8.74. The largest absolute Gasteiger partial charge is 0.396 e. The molecule has 2 unspecified atom stereocenters. The van der Waals surface area contributed by atoms with Gasteiger partial charge in [0.05, 0.1) is 29.2 Å². The molecule has 0 aliphatic carbocycles. The first-order valence-corrected chi connectivity index (χ1v) is 7.64. The molecule has 0 bridgehead atoms. The van der Waals surface area contributed by atoms with Crippen LogP contribution in [-0.4, -0.2) is 23.7 Å². The predicted octanol–water partition coefficient (Wildman–Crippen LogP) is 3.56. The second kappa shape index (κ2) is 5.58. The Labute approximate surface area is 126 Å². The van der Waals surface area contributed by atoms with Crippen molar-refractivity contribution in [2.45, 2.75) is 31.9 Å². The molecule has 0 spiro atoms. The lowest BCUT2D eigenvalue weighted by Gasteiger charge is -2.29. The highest BCUT2D eigenvalue weighted by molar-refractivity contribution is 9.10. The molecular formula is C15H18BrN3O. The number of aromatic nitrogens is 1. The number of fused-ring (bicyclic) bond motifs is 1. The Morgan fingerprint density at radius 2 is 2.30 bits per heavy atom. The molecule has 1 aromatic heterocycles. The number of pyridine rings is 1. The van der Waals surface area contributed by atoms with E-state index in [4.69, 9.17) is 10.5 Å². The number of nitrogens with zero attached hydrogens (tertiary/aromatic N) is 1. The number of nitrogens with two attached hydrogens (primary N) is 1. The van der Waals surface area contributed by atoms with Gasteiger partial charge >= 0.3 is 0 Å². The molecule has 3 N–H and O–H groups in total. The lowest BCUT2D eigenvalue weighted by atomic mass is 10.0. The van der Waals surface area contributed by atoms with Crippen LogP contribution in [0.2, 0.25) is 0 Å². The van der Waals surface area contributed by atoms with E-state index < -0.39 is 0 Å². The summed E-state index contributed by atoms with van der Waals surface area (Å²) in [5.74, 6) is 0. The summed E-state index contributed by atoms with van der Waals surface area (Å²) in [6.07, 6.45) is 4.02. The summed E-state index contributed by atoms with van der Waals surface area (Å²) in [6, 6.07) is 6.44. The molecule has 106 valence electrons. The van der Waals surface area contributed by atoms with E-state index in [1.54, 1.807) is 6.20 Å². The first-order chi connectivity index (χ1) is 9.63. The van der Waals surface area contributed by atoms with E-state index in [0.29, 0.717) is 17.8 Å². The molecule has 0 amide bonds. The molecule has 1 aliphatic heterocycles. The maximum absolute atomic E-state index is 6.12. The number of hydrogen-bond acceptors (Lipinski definition) is 4. The Kier molecular flexibility index (Phi) is 3.81. The van der Waals surface area contributed by atoms with Crippen LogP contribution < -0.4 is 11.1 Å². The molecule has 20 heavy (non-hydrogen) atoms. The fraction of sp³-hybridized carbons (Fsp3) is 0.400. The predicted molar refractivity (Wildman–Crippen MR) is 85.9 cm³/mol. The van der Waals surface area contributed by atoms with Crippen LogP contribution in [0, 0.1) is 0 Å². The van der Waals surface area contributed by atoms with Gasteiger partial charge in [0.25, 0.3) is 0 Å². The first-order valence-electron chi connectivity index (χ1n) is 6.85. The van der Waals surface area contributed by atoms with Crippen LogP contribution in [0.5, 0.6) is 0 Å². The second-order valence-corrected chi connectivity index (χ2v) is 6.21. The van der Waals surface area contributed by atoms with Gasteiger partial charge in [0.15, 0.2) is 0 Å². The lowest BCUT2D eigenvalue weighted by Crippen LogP contribution is -2.32. The molecule has 1 aliphatic rings. The van der Waals surface area contributed by atoms with Gasteiger partial charge in [-0.25, -0.2) is 0 Å². The molecule has 2 heterocycles. The van der Waals surface area contributed by atoms with E-state index in [1.807, 2.05) is 12.1 Å². The standard InChI is InChI=1S/C15H18BrN3O/c1-9-6-11(4-5-20-9)19-15-12-7-10(16)2-3-14(12)18-8-13(15)17/h2-3,7-9,11H,4-6,17H2,1H3,(H,18,19). The van der Waals surface area contributed by atoms with Crippen molar-refractivity contribution in [2.24, 2.45) is 0 Å². The number of anilines is 2. The zero-order valence-corrected chi connectivity index (χ0v) is 13.0. The van der Waals surface area contributed by atoms with Gasteiger partial charge in [-0.1, -0.05) is 15.9 Å². The summed E-state index contributed by atoms with van der Waals surface area (Å²) in [4.78, 5) is 4.38. The van der Waals surface area contributed by atoms with Gasteiger partial charge in [0.2, 0.25) is 0 Å². The van der Waals surface area contributed by atoms with Gasteiger partial charge in [-0.3, -0.25) is 4.98 Å². The number of hydrogen-bond donors (Lipinski definition) is 2. The Hall–Kier alpha value is -1.33. The third-order valence-electron chi connectivity index (χ3n) is 3.69. The molecule has 3 rings (SSSR count). The van der Waals surface area contributed by atoms with E-state index in [0.717, 1.165) is 40.5 Å². The third kappa shape index (κ3) is 2.74. The normalized spacial score (nSPS) is 22.9. The summed E-state index contributed by atoms with van der Waals surface area (Å²) in [5, 5.41) is 4.64. The number of nitrogens with one attached hydrogen (secondary N) is 1. The van der Waals surface area contributed by atoms with Crippen molar-refractivity contribution in [1.29, 1.82) is 0 Å². The zero-order chi connectivity index (χ0) is 14.1. The zero-order valence-electron chi connectivity index (χ0n) is 11.4. The first kappa shape index (κ1) is 13.6. The van der Waals surface area contributed by atoms with E-state index >= 15 is 0 Å². The lowest BCUT2D eigenvalue weighted by molar-refractivity contribution is 0.0232. The average Bonchev–Trinajstić information content (AvgIpc) is 2.42. The molecule has 1 aromatic carbocycles. The van der Waals surface area contributed by atoms with E-state index in [1.165, 1.54) is 0 Å². The third-order valence-corrected chi connectivity index (χ3v) is 4.19. The smallest absolute Gasteiger partial charge is 0.0743 e. The van der Waals surface area contributed by atoms with E-state index in [9.17, 15) is 0 Å². The van der Waals surface area contributed by atoms with Gasteiger partial charge in [0, 0.05) is 22.5 Å². The minimum atomic E-state index is 0.294. The summed E-state index contributed by atoms with van der Waals surface area (Å²) in [7, 11) is 0. The van der Waals surface area contributed by atoms with Crippen LogP contribution in [0.25, 0.3) is 10.9 Å². The van der Waals surface area contributed by atoms with Gasteiger partial charge in [-0.05, 0) is 38.0 Å². The van der Waals surface area contributed by atoms with E-state index in [2.05, 4.69) is 39.2 Å². The number of benzene rings is 1. The van der Waals surface area contributed by atoms with Crippen LogP contribution in [0.1, 0.15) is 19.8 Å². The minimum absolute atomic E-state index is 0.294. The molecule has 4 nitrogen and oxygen atoms in total. The van der Waals surface area contributed by atoms with Crippen molar-refractivity contribution in [3.8, 4) is 0 Å². The fourth-order valence-corrected chi connectivity index (χ4v) is 3.04. The van der Waals surface area contributed by atoms with Crippen LogP contribution in [-0.2, 0) is 4.74 Å². The highest BCUT2D eigenvalue weighted by atomic mass is 79.9. The van der Waals surface area contributed by atoms with Crippen LogP contribution in [0.4, 0.5) is 11.4 Å². The number of halogens is 1. The average molecular weight is 336 g/mol. The SMILES string of the molecule is CC1CC(Nc2c(N)cnc3ccc(Br)cc23)CCO1. The summed E-state index contributed by atoms with van der Waals surface area (Å²) >= 11 is 3.51. The summed E-state index contributed by atoms with van der Waals surface area (Å²) in [6.45, 7) is 2.91. The monoisotopic (exact) mass is 335 g/mol. The number of nitrogen functional groups attached to an aromatic ring is 1. The molecule has 0 radical (unpaired) electrons. The quantitative estimate of drug-likeness (QED) is 0.880. The van der Waals surface area contributed by atoms with Gasteiger partial charge in [-0.15, -0.1) is 0 Å². The summed E-state index contributed by atoms with van der Waals surface area (Å²) < 4.78 is 6.62. The topological polar surface area (TPSA) is 60.2 Å². The van der Waals surface area contributed by atoms with Crippen molar-refractivity contribution in [2.75, 3.05) is 17.7 Å². The molecule has 1 saturated heterocycles. The number of rotatable bonds is 2. The van der Waals surface area contributed by atoms with Crippen molar-refractivity contribution < 1.29 is 4.74 Å². The maximum atomic E-state index is 6.12. The number of ether oxygens (including phenoxy) is 1. The van der Waals surface area contributed by atoms with Crippen LogP contribution >= 0.6 is 15.9 Å². The fourth-order valence-electron chi connectivity index (χ4n) is 2.67. The van der Waals surface area contributed by atoms with Crippen molar-refractivity contribution in [1.82, 2.24) is 4.98 Å². The highest BCUT2D eigenvalue weighted by Crippen LogP contribution is 2.32. The molecule has 2 atom stereocenters. The minimum Gasteiger partial charge on any atom is -0.396 e. The maximum Gasteiger partial charge on any atom is 0.0743 e. The van der Waals surface area contributed by atoms with Gasteiger partial charge in [-0.2, -0.15) is 0 Å². The van der Waals surface area contributed by atoms with Gasteiger partial charge < -0.3 is 15.8 Å². The molecule has 2 aromatic rings. The highest BCUT2D eigenvalue weighted by Gasteiger charge is 2.20. The van der Waals surface area contributed by atoms with Crippen LogP contribution in [0.15, 0.2) is 28.9 Å². The Morgan fingerprint density at radius 1 is 1.45 bits per heavy atom. The van der Waals surface area contributed by atoms with Crippen molar-refractivity contribution in [3.05, 3.63) is 28.9 Å². The Bertz CT molecular complexity index is 627. The van der Waals surface area contributed by atoms with Crippen LogP contribution in [0.3, 0.4) is 0 Å². The van der Waals surface area contributed by atoms with Gasteiger partial charge in [0.1, 0.15) is 0 Å². The Morgan fingerprint density at radius 3 is 3.10 bits per heavy atom.